The molecule has 2 aliphatic heterocycles. The predicted molar refractivity (Wildman–Crippen MR) is 93.9 cm³/mol. The van der Waals surface area contributed by atoms with Crippen LogP contribution < -0.4 is 5.56 Å². The van der Waals surface area contributed by atoms with Crippen LogP contribution >= 0.6 is 0 Å². The van der Waals surface area contributed by atoms with E-state index in [0.717, 1.165) is 44.2 Å². The molecule has 0 bridgehead atoms. The summed E-state index contributed by atoms with van der Waals surface area (Å²) in [6.45, 7) is 9.61. The summed E-state index contributed by atoms with van der Waals surface area (Å²) in [5.74, 6) is 1.86. The molecule has 0 aliphatic carbocycles. The van der Waals surface area contributed by atoms with Crippen molar-refractivity contribution in [1.82, 2.24) is 24.5 Å². The van der Waals surface area contributed by atoms with E-state index in [1.165, 1.54) is 6.42 Å². The number of aromatic nitrogens is 4. The normalized spacial score (nSPS) is 21.6. The fraction of sp³-hybridized carbons (Fsp3) is 0.611. The maximum atomic E-state index is 12.2. The third kappa shape index (κ3) is 3.52. The summed E-state index contributed by atoms with van der Waals surface area (Å²) in [5, 5.41) is 8.99. The number of rotatable bonds is 5. The van der Waals surface area contributed by atoms with Crippen molar-refractivity contribution in [2.75, 3.05) is 32.8 Å². The van der Waals surface area contributed by atoms with Crippen LogP contribution in [0.2, 0.25) is 0 Å². The molecular formula is C18H25N5O2. The van der Waals surface area contributed by atoms with Gasteiger partial charge in [0.25, 0.3) is 5.56 Å². The third-order valence-corrected chi connectivity index (χ3v) is 5.08. The highest BCUT2D eigenvalue weighted by Crippen LogP contribution is 2.22. The van der Waals surface area contributed by atoms with Crippen molar-refractivity contribution in [3.63, 3.8) is 0 Å². The zero-order valence-electron chi connectivity index (χ0n) is 14.9. The van der Waals surface area contributed by atoms with Crippen LogP contribution in [-0.4, -0.2) is 57.3 Å². The Bertz CT molecular complexity index is 800. The molecular weight excluding hydrogens is 318 g/mol. The van der Waals surface area contributed by atoms with Crippen LogP contribution in [-0.2, 0) is 11.3 Å². The molecule has 1 atom stereocenters. The molecule has 0 spiro atoms. The average Bonchev–Trinajstić information content (AvgIpc) is 3.16. The summed E-state index contributed by atoms with van der Waals surface area (Å²) in [6.07, 6.45) is 1.17. The minimum atomic E-state index is -0.0482. The molecule has 0 saturated carbocycles. The van der Waals surface area contributed by atoms with E-state index >= 15 is 0 Å². The average molecular weight is 343 g/mol. The van der Waals surface area contributed by atoms with Gasteiger partial charge in [0, 0.05) is 43.9 Å². The second-order valence-corrected chi connectivity index (χ2v) is 7.36. The van der Waals surface area contributed by atoms with Crippen molar-refractivity contribution in [3.05, 3.63) is 39.9 Å². The molecule has 4 heterocycles. The molecule has 1 unspecified atom stereocenters. The largest absolute Gasteiger partial charge is 0.381 e. The van der Waals surface area contributed by atoms with Gasteiger partial charge in [0.15, 0.2) is 5.82 Å². The Labute approximate surface area is 147 Å². The highest BCUT2D eigenvalue weighted by atomic mass is 16.5. The first-order chi connectivity index (χ1) is 12.1. The molecule has 7 nitrogen and oxygen atoms in total. The summed E-state index contributed by atoms with van der Waals surface area (Å²) in [7, 11) is 0. The van der Waals surface area contributed by atoms with Gasteiger partial charge < -0.3 is 9.64 Å². The van der Waals surface area contributed by atoms with Gasteiger partial charge in [-0.15, -0.1) is 5.10 Å². The fourth-order valence-corrected chi connectivity index (χ4v) is 3.82. The number of hydrogen-bond acceptors (Lipinski definition) is 5. The zero-order chi connectivity index (χ0) is 17.4. The summed E-state index contributed by atoms with van der Waals surface area (Å²) in [4.78, 5) is 14.6. The molecule has 4 rings (SSSR count). The lowest BCUT2D eigenvalue weighted by atomic mass is 9.97. The number of hydrogen-bond donors (Lipinski definition) is 0. The Morgan fingerprint density at radius 3 is 2.68 bits per heavy atom. The fourth-order valence-electron chi connectivity index (χ4n) is 3.82. The van der Waals surface area contributed by atoms with E-state index in [9.17, 15) is 4.79 Å². The van der Waals surface area contributed by atoms with E-state index < -0.39 is 0 Å². The second-order valence-electron chi connectivity index (χ2n) is 7.36. The van der Waals surface area contributed by atoms with Crippen molar-refractivity contribution >= 4 is 0 Å². The molecule has 2 fully saturated rings. The summed E-state index contributed by atoms with van der Waals surface area (Å²) in [6, 6.07) is 5.34. The Hall–Kier alpha value is -1.99. The van der Waals surface area contributed by atoms with Crippen molar-refractivity contribution < 1.29 is 4.74 Å². The minimum absolute atomic E-state index is 0.0482. The van der Waals surface area contributed by atoms with Gasteiger partial charge in [-0.2, -0.15) is 5.10 Å². The SMILES string of the molecule is Cc1cc(C)n(-c2ccc(=O)n(CC3CN(CC4CCOC4)C3)n2)n1. The topological polar surface area (TPSA) is 65.2 Å². The minimum Gasteiger partial charge on any atom is -0.381 e. The molecule has 2 aliphatic rings. The lowest BCUT2D eigenvalue weighted by Crippen LogP contribution is -2.51. The van der Waals surface area contributed by atoms with Crippen LogP contribution in [0.3, 0.4) is 0 Å². The van der Waals surface area contributed by atoms with Crippen LogP contribution in [0.4, 0.5) is 0 Å². The standard InChI is InChI=1S/C18H25N5O2/c1-13-7-14(2)23(19-13)17-3-4-18(24)22(20-17)11-16-9-21(10-16)8-15-5-6-25-12-15/h3-4,7,15-16H,5-6,8-12H2,1-2H3. The van der Waals surface area contributed by atoms with Crippen molar-refractivity contribution in [2.24, 2.45) is 11.8 Å². The highest BCUT2D eigenvalue weighted by molar-refractivity contribution is 5.23. The van der Waals surface area contributed by atoms with Gasteiger partial charge >= 0.3 is 0 Å². The Kier molecular flexibility index (Phi) is 4.43. The second kappa shape index (κ2) is 6.72. The molecule has 0 N–H and O–H groups in total. The number of ether oxygens (including phenoxy) is 1. The van der Waals surface area contributed by atoms with E-state index in [4.69, 9.17) is 4.74 Å². The van der Waals surface area contributed by atoms with Crippen LogP contribution in [0.25, 0.3) is 5.82 Å². The lowest BCUT2D eigenvalue weighted by Gasteiger charge is -2.40. The number of likely N-dealkylation sites (tertiary alicyclic amines) is 1. The van der Waals surface area contributed by atoms with Gasteiger partial charge in [-0.05, 0) is 38.3 Å². The molecule has 0 amide bonds. The number of aryl methyl sites for hydroxylation is 2. The first-order valence-corrected chi connectivity index (χ1v) is 9.00. The van der Waals surface area contributed by atoms with Gasteiger partial charge in [-0.25, -0.2) is 9.36 Å². The van der Waals surface area contributed by atoms with E-state index in [1.807, 2.05) is 19.9 Å². The van der Waals surface area contributed by atoms with Crippen molar-refractivity contribution in [1.29, 1.82) is 0 Å². The van der Waals surface area contributed by atoms with Gasteiger partial charge in [-0.1, -0.05) is 0 Å². The van der Waals surface area contributed by atoms with E-state index in [-0.39, 0.29) is 5.56 Å². The Morgan fingerprint density at radius 2 is 2.00 bits per heavy atom. The molecule has 2 aromatic rings. The molecule has 2 saturated heterocycles. The quantitative estimate of drug-likeness (QED) is 0.811. The van der Waals surface area contributed by atoms with Gasteiger partial charge in [0.2, 0.25) is 0 Å². The van der Waals surface area contributed by atoms with Crippen LogP contribution in [0, 0.1) is 25.7 Å². The first-order valence-electron chi connectivity index (χ1n) is 9.00. The van der Waals surface area contributed by atoms with Crippen molar-refractivity contribution in [3.8, 4) is 5.82 Å². The molecule has 134 valence electrons. The van der Waals surface area contributed by atoms with Crippen LogP contribution in [0.1, 0.15) is 17.8 Å². The molecule has 0 radical (unpaired) electrons. The summed E-state index contributed by atoms with van der Waals surface area (Å²) < 4.78 is 8.82. The van der Waals surface area contributed by atoms with E-state index in [2.05, 4.69) is 15.1 Å². The zero-order valence-corrected chi connectivity index (χ0v) is 14.9. The summed E-state index contributed by atoms with van der Waals surface area (Å²) >= 11 is 0. The number of nitrogens with zero attached hydrogens (tertiary/aromatic N) is 5. The summed E-state index contributed by atoms with van der Waals surface area (Å²) in [5.41, 5.74) is 1.92. The lowest BCUT2D eigenvalue weighted by molar-refractivity contribution is 0.0637. The molecule has 7 heteroatoms. The maximum Gasteiger partial charge on any atom is 0.266 e. The molecule has 25 heavy (non-hydrogen) atoms. The van der Waals surface area contributed by atoms with E-state index in [0.29, 0.717) is 24.2 Å². The Balaban J connectivity index is 1.40. The van der Waals surface area contributed by atoms with E-state index in [1.54, 1.807) is 21.5 Å². The van der Waals surface area contributed by atoms with Crippen LogP contribution in [0.15, 0.2) is 23.0 Å². The monoisotopic (exact) mass is 343 g/mol. The molecule has 2 aromatic heterocycles. The first kappa shape index (κ1) is 16.5. The Morgan fingerprint density at radius 1 is 1.16 bits per heavy atom. The maximum absolute atomic E-state index is 12.2. The third-order valence-electron chi connectivity index (χ3n) is 5.08. The van der Waals surface area contributed by atoms with Gasteiger partial charge in [-0.3, -0.25) is 4.79 Å². The van der Waals surface area contributed by atoms with Crippen molar-refractivity contribution in [2.45, 2.75) is 26.8 Å². The smallest absolute Gasteiger partial charge is 0.266 e. The molecule has 0 aromatic carbocycles. The predicted octanol–water partition coefficient (Wildman–Crippen LogP) is 1.01. The van der Waals surface area contributed by atoms with Gasteiger partial charge in [0.05, 0.1) is 18.8 Å². The highest BCUT2D eigenvalue weighted by Gasteiger charge is 2.30. The van der Waals surface area contributed by atoms with Gasteiger partial charge in [0.1, 0.15) is 0 Å². The van der Waals surface area contributed by atoms with Crippen LogP contribution in [0.5, 0.6) is 0 Å².